The Bertz CT molecular complexity index is 798. The average Bonchev–Trinajstić information content (AvgIpc) is 2.78. The maximum absolute atomic E-state index is 11.7. The third-order valence-corrected chi connectivity index (χ3v) is 2.39. The van der Waals surface area contributed by atoms with Crippen LogP contribution in [0.5, 0.6) is 0 Å². The molecule has 0 radical (unpaired) electrons. The van der Waals surface area contributed by atoms with E-state index in [0.29, 0.717) is 10.9 Å². The third-order valence-electron chi connectivity index (χ3n) is 2.39. The van der Waals surface area contributed by atoms with Crippen LogP contribution in [0.15, 0.2) is 34.1 Å². The molecule has 3 rings (SSSR count). The molecule has 0 aliphatic heterocycles. The molecule has 0 aliphatic rings. The quantitative estimate of drug-likeness (QED) is 0.545. The highest BCUT2D eigenvalue weighted by Gasteiger charge is 2.09. The Morgan fingerprint density at radius 2 is 2.06 bits per heavy atom. The van der Waals surface area contributed by atoms with Crippen LogP contribution in [0.2, 0.25) is 0 Å². The molecule has 0 atom stereocenters. The highest BCUT2D eigenvalue weighted by atomic mass is 16.1. The molecule has 0 amide bonds. The third kappa shape index (κ3) is 1.44. The highest BCUT2D eigenvalue weighted by molar-refractivity contribution is 5.74. The van der Waals surface area contributed by atoms with Gasteiger partial charge in [-0.05, 0) is 12.1 Å². The Hall–Kier alpha value is -2.70. The fourth-order valence-electron chi connectivity index (χ4n) is 1.58. The SMILES string of the molecule is O=c1[nH]cccc1-c1nc2n[nH]cc2c(=O)[nH]1. The van der Waals surface area contributed by atoms with Crippen molar-refractivity contribution in [1.29, 1.82) is 0 Å². The van der Waals surface area contributed by atoms with Crippen LogP contribution in [-0.4, -0.2) is 25.1 Å². The van der Waals surface area contributed by atoms with E-state index in [9.17, 15) is 9.59 Å². The minimum atomic E-state index is -0.331. The molecular weight excluding hydrogens is 222 g/mol. The second-order valence-corrected chi connectivity index (χ2v) is 3.45. The second-order valence-electron chi connectivity index (χ2n) is 3.45. The van der Waals surface area contributed by atoms with Crippen LogP contribution in [0.1, 0.15) is 0 Å². The summed E-state index contributed by atoms with van der Waals surface area (Å²) in [5.74, 6) is 0.205. The number of nitrogens with zero attached hydrogens (tertiary/aromatic N) is 2. The first kappa shape index (κ1) is 9.52. The summed E-state index contributed by atoms with van der Waals surface area (Å²) < 4.78 is 0. The molecule has 3 aromatic rings. The largest absolute Gasteiger partial charge is 0.328 e. The van der Waals surface area contributed by atoms with Gasteiger partial charge in [0, 0.05) is 12.4 Å². The molecule has 0 saturated carbocycles. The molecule has 0 unspecified atom stereocenters. The van der Waals surface area contributed by atoms with Crippen molar-refractivity contribution in [2.45, 2.75) is 0 Å². The lowest BCUT2D eigenvalue weighted by Crippen LogP contribution is -2.14. The van der Waals surface area contributed by atoms with Crippen molar-refractivity contribution >= 4 is 11.0 Å². The molecule has 0 aromatic carbocycles. The van der Waals surface area contributed by atoms with Crippen LogP contribution >= 0.6 is 0 Å². The van der Waals surface area contributed by atoms with E-state index in [1.807, 2.05) is 0 Å². The van der Waals surface area contributed by atoms with Gasteiger partial charge in [-0.25, -0.2) is 4.98 Å². The minimum absolute atomic E-state index is 0.205. The van der Waals surface area contributed by atoms with Crippen molar-refractivity contribution < 1.29 is 0 Å². The smallest absolute Gasteiger partial charge is 0.262 e. The molecule has 7 nitrogen and oxygen atoms in total. The predicted octanol–water partition coefficient (Wildman–Crippen LogP) is 0.00150. The Morgan fingerprint density at radius 1 is 1.18 bits per heavy atom. The number of aromatic amines is 3. The number of pyridine rings is 1. The summed E-state index contributed by atoms with van der Waals surface area (Å²) in [6.45, 7) is 0. The Labute approximate surface area is 93.5 Å². The summed E-state index contributed by atoms with van der Waals surface area (Å²) in [4.78, 5) is 32.4. The summed E-state index contributed by atoms with van der Waals surface area (Å²) in [7, 11) is 0. The van der Waals surface area contributed by atoms with Crippen LogP contribution in [0.25, 0.3) is 22.4 Å². The van der Waals surface area contributed by atoms with Gasteiger partial charge in [-0.3, -0.25) is 14.7 Å². The fraction of sp³-hybridized carbons (Fsp3) is 0. The van der Waals surface area contributed by atoms with Gasteiger partial charge in [0.15, 0.2) is 5.65 Å². The average molecular weight is 229 g/mol. The number of aromatic nitrogens is 5. The van der Waals surface area contributed by atoms with Crippen LogP contribution in [0.4, 0.5) is 0 Å². The normalized spacial score (nSPS) is 10.8. The Morgan fingerprint density at radius 3 is 2.88 bits per heavy atom. The van der Waals surface area contributed by atoms with Gasteiger partial charge in [0.1, 0.15) is 11.2 Å². The zero-order valence-corrected chi connectivity index (χ0v) is 8.52. The first-order chi connectivity index (χ1) is 8.25. The van der Waals surface area contributed by atoms with Gasteiger partial charge in [-0.15, -0.1) is 0 Å². The van der Waals surface area contributed by atoms with Crippen LogP contribution in [0, 0.1) is 0 Å². The van der Waals surface area contributed by atoms with Crippen molar-refractivity contribution in [3.63, 3.8) is 0 Å². The molecule has 0 bridgehead atoms. The predicted molar refractivity (Wildman–Crippen MR) is 60.6 cm³/mol. The van der Waals surface area contributed by atoms with Gasteiger partial charge in [0.2, 0.25) is 0 Å². The summed E-state index contributed by atoms with van der Waals surface area (Å²) in [5.41, 5.74) is -0.0611. The number of H-pyrrole nitrogens is 3. The lowest BCUT2D eigenvalue weighted by atomic mass is 10.2. The molecule has 3 heterocycles. The van der Waals surface area contributed by atoms with Crippen LogP contribution < -0.4 is 11.1 Å². The number of nitrogens with one attached hydrogen (secondary N) is 3. The van der Waals surface area contributed by atoms with Gasteiger partial charge in [-0.1, -0.05) is 0 Å². The molecule has 7 heteroatoms. The Kier molecular flexibility index (Phi) is 1.91. The molecule has 0 fully saturated rings. The van der Waals surface area contributed by atoms with Crippen molar-refractivity contribution in [3.05, 3.63) is 45.2 Å². The molecule has 0 saturated heterocycles. The van der Waals surface area contributed by atoms with E-state index in [4.69, 9.17) is 0 Å². The van der Waals surface area contributed by atoms with Crippen molar-refractivity contribution in [2.24, 2.45) is 0 Å². The Balaban J connectivity index is 2.35. The maximum atomic E-state index is 11.7. The summed E-state index contributed by atoms with van der Waals surface area (Å²) in [5, 5.41) is 6.74. The summed E-state index contributed by atoms with van der Waals surface area (Å²) >= 11 is 0. The minimum Gasteiger partial charge on any atom is -0.328 e. The topological polar surface area (TPSA) is 107 Å². The zero-order chi connectivity index (χ0) is 11.8. The first-order valence-electron chi connectivity index (χ1n) is 4.87. The molecular formula is C10H7N5O2. The van der Waals surface area contributed by atoms with Crippen molar-refractivity contribution in [1.82, 2.24) is 25.1 Å². The van der Waals surface area contributed by atoms with E-state index >= 15 is 0 Å². The van der Waals surface area contributed by atoms with Gasteiger partial charge in [-0.2, -0.15) is 5.10 Å². The molecule has 0 aliphatic carbocycles. The highest BCUT2D eigenvalue weighted by Crippen LogP contribution is 2.09. The summed E-state index contributed by atoms with van der Waals surface area (Å²) in [6, 6.07) is 3.24. The maximum Gasteiger partial charge on any atom is 0.262 e. The van der Waals surface area contributed by atoms with E-state index in [2.05, 4.69) is 25.1 Å². The van der Waals surface area contributed by atoms with Gasteiger partial charge >= 0.3 is 0 Å². The number of hydrogen-bond acceptors (Lipinski definition) is 4. The lowest BCUT2D eigenvalue weighted by molar-refractivity contribution is 1.08. The fourth-order valence-corrected chi connectivity index (χ4v) is 1.58. The molecule has 17 heavy (non-hydrogen) atoms. The van der Waals surface area contributed by atoms with E-state index in [-0.39, 0.29) is 22.6 Å². The molecule has 3 N–H and O–H groups in total. The number of hydrogen-bond donors (Lipinski definition) is 3. The second kappa shape index (κ2) is 3.41. The van der Waals surface area contributed by atoms with E-state index in [1.165, 1.54) is 12.4 Å². The van der Waals surface area contributed by atoms with Crippen molar-refractivity contribution in [3.8, 4) is 11.4 Å². The van der Waals surface area contributed by atoms with Crippen LogP contribution in [0.3, 0.4) is 0 Å². The standard InChI is InChI=1S/C10H7N5O2/c16-9-5(2-1-3-11-9)7-13-8-6(4-12-15-8)10(17)14-7/h1-4H,(H,11,16)(H2,12,13,14,15,17). The van der Waals surface area contributed by atoms with E-state index < -0.39 is 0 Å². The lowest BCUT2D eigenvalue weighted by Gasteiger charge is -1.98. The summed E-state index contributed by atoms with van der Waals surface area (Å²) in [6.07, 6.45) is 2.97. The van der Waals surface area contributed by atoms with E-state index in [1.54, 1.807) is 12.1 Å². The van der Waals surface area contributed by atoms with E-state index in [0.717, 1.165) is 0 Å². The number of rotatable bonds is 1. The molecule has 3 aromatic heterocycles. The monoisotopic (exact) mass is 229 g/mol. The van der Waals surface area contributed by atoms with Crippen molar-refractivity contribution in [2.75, 3.05) is 0 Å². The molecule has 0 spiro atoms. The van der Waals surface area contributed by atoms with Crippen LogP contribution in [-0.2, 0) is 0 Å². The van der Waals surface area contributed by atoms with Gasteiger partial charge in [0.25, 0.3) is 11.1 Å². The molecule has 84 valence electrons. The van der Waals surface area contributed by atoms with Gasteiger partial charge < -0.3 is 9.97 Å². The first-order valence-corrected chi connectivity index (χ1v) is 4.87. The van der Waals surface area contributed by atoms with Gasteiger partial charge in [0.05, 0.1) is 5.56 Å². The zero-order valence-electron chi connectivity index (χ0n) is 8.52. The number of fused-ring (bicyclic) bond motifs is 1.